The van der Waals surface area contributed by atoms with Crippen LogP contribution in [-0.2, 0) is 4.74 Å². The number of alkyl halides is 2. The number of ether oxygens (including phenoxy) is 1. The summed E-state index contributed by atoms with van der Waals surface area (Å²) < 4.78 is 29.4. The Morgan fingerprint density at radius 3 is 2.72 bits per heavy atom. The SMILES string of the molecule is CCOC(=O)c1ncc(C(F)F)c([N+](=O)[O-])c1O. The molecule has 7 nitrogen and oxygen atoms in total. The summed E-state index contributed by atoms with van der Waals surface area (Å²) in [6.07, 6.45) is -2.73. The summed E-state index contributed by atoms with van der Waals surface area (Å²) >= 11 is 0. The molecule has 0 aliphatic rings. The van der Waals surface area contributed by atoms with Gasteiger partial charge in [-0.2, -0.15) is 0 Å². The van der Waals surface area contributed by atoms with Crippen molar-refractivity contribution in [3.63, 3.8) is 0 Å². The quantitative estimate of drug-likeness (QED) is 0.504. The Labute approximate surface area is 99.2 Å². The first-order chi connectivity index (χ1) is 8.40. The van der Waals surface area contributed by atoms with Gasteiger partial charge in [-0.15, -0.1) is 0 Å². The Kier molecular flexibility index (Phi) is 4.08. The molecule has 0 atom stereocenters. The molecular formula is C9H8F2N2O5. The van der Waals surface area contributed by atoms with Gasteiger partial charge in [0, 0.05) is 6.20 Å². The monoisotopic (exact) mass is 262 g/mol. The second-order valence-electron chi connectivity index (χ2n) is 3.04. The number of rotatable bonds is 4. The maximum atomic E-state index is 12.5. The topological polar surface area (TPSA) is 103 Å². The molecule has 0 saturated heterocycles. The Bertz CT molecular complexity index is 492. The Balaban J connectivity index is 3.39. The average Bonchev–Trinajstić information content (AvgIpc) is 2.27. The summed E-state index contributed by atoms with van der Waals surface area (Å²) in [5.74, 6) is -2.35. The van der Waals surface area contributed by atoms with Gasteiger partial charge >= 0.3 is 11.7 Å². The van der Waals surface area contributed by atoms with E-state index in [0.717, 1.165) is 0 Å². The summed E-state index contributed by atoms with van der Waals surface area (Å²) in [5.41, 5.74) is -3.08. The molecule has 1 aromatic rings. The summed E-state index contributed by atoms with van der Waals surface area (Å²) in [7, 11) is 0. The molecule has 0 aromatic carbocycles. The van der Waals surface area contributed by atoms with Crippen molar-refractivity contribution in [3.05, 3.63) is 27.6 Å². The van der Waals surface area contributed by atoms with Crippen LogP contribution in [0.5, 0.6) is 5.75 Å². The van der Waals surface area contributed by atoms with Gasteiger partial charge < -0.3 is 9.84 Å². The molecule has 1 heterocycles. The van der Waals surface area contributed by atoms with E-state index in [4.69, 9.17) is 0 Å². The lowest BCUT2D eigenvalue weighted by molar-refractivity contribution is -0.387. The number of aromatic nitrogens is 1. The fourth-order valence-corrected chi connectivity index (χ4v) is 1.21. The van der Waals surface area contributed by atoms with Crippen molar-refractivity contribution in [2.45, 2.75) is 13.3 Å². The van der Waals surface area contributed by atoms with Gasteiger partial charge in [-0.1, -0.05) is 0 Å². The zero-order valence-corrected chi connectivity index (χ0v) is 9.09. The van der Waals surface area contributed by atoms with E-state index in [9.17, 15) is 28.8 Å². The molecule has 0 aliphatic heterocycles. The molecule has 0 radical (unpaired) electrons. The second-order valence-corrected chi connectivity index (χ2v) is 3.04. The summed E-state index contributed by atoms with van der Waals surface area (Å²) in [6.45, 7) is 1.42. The zero-order valence-electron chi connectivity index (χ0n) is 9.09. The summed E-state index contributed by atoms with van der Waals surface area (Å²) in [6, 6.07) is 0. The highest BCUT2D eigenvalue weighted by Crippen LogP contribution is 2.37. The fraction of sp³-hybridized carbons (Fsp3) is 0.333. The standard InChI is InChI=1S/C9H8F2N2O5/c1-2-18-9(15)5-7(14)6(13(16)17)4(3-12-5)8(10)11/h3,8,14H,2H2,1H3. The van der Waals surface area contributed by atoms with Crippen molar-refractivity contribution in [3.8, 4) is 5.75 Å². The van der Waals surface area contributed by atoms with E-state index < -0.39 is 40.0 Å². The summed E-state index contributed by atoms with van der Waals surface area (Å²) in [5, 5.41) is 20.1. The molecule has 0 saturated carbocycles. The van der Waals surface area contributed by atoms with Gasteiger partial charge in [0.15, 0.2) is 5.69 Å². The number of nitro groups is 1. The molecule has 1 rings (SSSR count). The molecule has 0 amide bonds. The predicted octanol–water partition coefficient (Wildman–Crippen LogP) is 1.81. The fourth-order valence-electron chi connectivity index (χ4n) is 1.21. The van der Waals surface area contributed by atoms with E-state index in [1.807, 2.05) is 0 Å². The lowest BCUT2D eigenvalue weighted by Crippen LogP contribution is -2.10. The van der Waals surface area contributed by atoms with Crippen LogP contribution >= 0.6 is 0 Å². The van der Waals surface area contributed by atoms with E-state index in [-0.39, 0.29) is 6.61 Å². The molecule has 98 valence electrons. The van der Waals surface area contributed by atoms with Crippen LogP contribution in [0, 0.1) is 10.1 Å². The number of carbonyl (C=O) groups is 1. The van der Waals surface area contributed by atoms with Crippen LogP contribution in [0.3, 0.4) is 0 Å². The van der Waals surface area contributed by atoms with Crippen LogP contribution < -0.4 is 0 Å². The normalized spacial score (nSPS) is 10.4. The Morgan fingerprint density at radius 1 is 1.67 bits per heavy atom. The van der Waals surface area contributed by atoms with Crippen LogP contribution in [0.25, 0.3) is 0 Å². The van der Waals surface area contributed by atoms with Gasteiger partial charge in [-0.25, -0.2) is 18.6 Å². The van der Waals surface area contributed by atoms with Crippen molar-refractivity contribution in [1.29, 1.82) is 0 Å². The maximum Gasteiger partial charge on any atom is 0.361 e. The molecule has 1 aromatic heterocycles. The number of nitrogens with zero attached hydrogens (tertiary/aromatic N) is 2. The number of halogens is 2. The van der Waals surface area contributed by atoms with Crippen molar-refractivity contribution in [2.75, 3.05) is 6.61 Å². The minimum atomic E-state index is -3.19. The van der Waals surface area contributed by atoms with Gasteiger partial charge in [-0.05, 0) is 6.92 Å². The number of pyridine rings is 1. The van der Waals surface area contributed by atoms with Crippen molar-refractivity contribution >= 4 is 11.7 Å². The molecule has 0 spiro atoms. The molecule has 0 fully saturated rings. The molecule has 1 N–H and O–H groups in total. The van der Waals surface area contributed by atoms with Crippen LogP contribution in [0.2, 0.25) is 0 Å². The largest absolute Gasteiger partial charge is 0.500 e. The van der Waals surface area contributed by atoms with E-state index >= 15 is 0 Å². The van der Waals surface area contributed by atoms with Crippen LogP contribution in [-0.4, -0.2) is 27.6 Å². The molecule has 0 unspecified atom stereocenters. The van der Waals surface area contributed by atoms with E-state index in [1.54, 1.807) is 0 Å². The molecule has 0 aliphatic carbocycles. The van der Waals surface area contributed by atoms with Crippen LogP contribution in [0.1, 0.15) is 29.4 Å². The number of aromatic hydroxyl groups is 1. The van der Waals surface area contributed by atoms with Crippen LogP contribution in [0.15, 0.2) is 6.20 Å². The van der Waals surface area contributed by atoms with E-state index in [0.29, 0.717) is 6.20 Å². The Hall–Kier alpha value is -2.32. The first-order valence-corrected chi connectivity index (χ1v) is 4.71. The molecule has 9 heteroatoms. The lowest BCUT2D eigenvalue weighted by atomic mass is 10.2. The van der Waals surface area contributed by atoms with Crippen molar-refractivity contribution in [2.24, 2.45) is 0 Å². The van der Waals surface area contributed by atoms with Crippen LogP contribution in [0.4, 0.5) is 14.5 Å². The first kappa shape index (κ1) is 13.7. The third-order valence-corrected chi connectivity index (χ3v) is 1.94. The number of esters is 1. The highest BCUT2D eigenvalue weighted by atomic mass is 19.3. The van der Waals surface area contributed by atoms with Gasteiger partial charge in [0.2, 0.25) is 5.75 Å². The smallest absolute Gasteiger partial charge is 0.361 e. The van der Waals surface area contributed by atoms with Gasteiger partial charge in [-0.3, -0.25) is 10.1 Å². The third kappa shape index (κ3) is 2.50. The minimum absolute atomic E-state index is 0.0512. The van der Waals surface area contributed by atoms with Crippen molar-refractivity contribution in [1.82, 2.24) is 4.98 Å². The maximum absolute atomic E-state index is 12.5. The highest BCUT2D eigenvalue weighted by Gasteiger charge is 2.31. The van der Waals surface area contributed by atoms with Crippen molar-refractivity contribution < 1.29 is 28.3 Å². The van der Waals surface area contributed by atoms with Gasteiger partial charge in [0.05, 0.1) is 11.5 Å². The molecular weight excluding hydrogens is 254 g/mol. The van der Waals surface area contributed by atoms with Gasteiger partial charge in [0.25, 0.3) is 6.43 Å². The summed E-state index contributed by atoms with van der Waals surface area (Å²) in [4.78, 5) is 23.9. The average molecular weight is 262 g/mol. The molecule has 0 bridgehead atoms. The second kappa shape index (κ2) is 5.34. The zero-order chi connectivity index (χ0) is 13.9. The number of hydrogen-bond donors (Lipinski definition) is 1. The lowest BCUT2D eigenvalue weighted by Gasteiger charge is -2.06. The minimum Gasteiger partial charge on any atom is -0.500 e. The third-order valence-electron chi connectivity index (χ3n) is 1.94. The van der Waals surface area contributed by atoms with Gasteiger partial charge in [0.1, 0.15) is 5.56 Å². The van der Waals surface area contributed by atoms with E-state index in [1.165, 1.54) is 6.92 Å². The number of hydrogen-bond acceptors (Lipinski definition) is 6. The predicted molar refractivity (Wildman–Crippen MR) is 53.5 cm³/mol. The highest BCUT2D eigenvalue weighted by molar-refractivity contribution is 5.92. The molecule has 18 heavy (non-hydrogen) atoms. The van der Waals surface area contributed by atoms with E-state index in [2.05, 4.69) is 9.72 Å². The Morgan fingerprint density at radius 2 is 2.28 bits per heavy atom. The number of carbonyl (C=O) groups excluding carboxylic acids is 1. The first-order valence-electron chi connectivity index (χ1n) is 4.71.